The number of nitrogens with two attached hydrogens (primary N) is 1. The van der Waals surface area contributed by atoms with Crippen LogP contribution in [0.2, 0.25) is 0 Å². The molecule has 0 atom stereocenters. The number of ether oxygens (including phenoxy) is 1. The molecular weight excluding hydrogens is 453 g/mol. The van der Waals surface area contributed by atoms with Gasteiger partial charge in [-0.2, -0.15) is 0 Å². The van der Waals surface area contributed by atoms with Gasteiger partial charge in [0.25, 0.3) is 0 Å². The lowest BCUT2D eigenvalue weighted by Gasteiger charge is -2.40. The Hall–Kier alpha value is -2.19. The summed E-state index contributed by atoms with van der Waals surface area (Å²) in [7, 11) is 1.88. The minimum atomic E-state index is -0.0996. The number of amidine groups is 1. The van der Waals surface area contributed by atoms with E-state index >= 15 is 0 Å². The first kappa shape index (κ1) is 27.8. The molecule has 0 aromatic heterocycles. The van der Waals surface area contributed by atoms with Gasteiger partial charge in [-0.3, -0.25) is 10.2 Å². The minimum absolute atomic E-state index is 0. The number of hydrogen-bond acceptors (Lipinski definition) is 5. The lowest BCUT2D eigenvalue weighted by molar-refractivity contribution is -0.149. The van der Waals surface area contributed by atoms with Gasteiger partial charge < -0.3 is 25.2 Å². The van der Waals surface area contributed by atoms with Crippen molar-refractivity contribution in [1.82, 2.24) is 9.80 Å². The Morgan fingerprint density at radius 2 is 1.62 bits per heavy atom. The van der Waals surface area contributed by atoms with Crippen LogP contribution in [0.3, 0.4) is 0 Å². The van der Waals surface area contributed by atoms with E-state index in [0.717, 1.165) is 44.5 Å². The summed E-state index contributed by atoms with van der Waals surface area (Å²) in [6.45, 7) is 5.15. The van der Waals surface area contributed by atoms with Crippen molar-refractivity contribution in [2.45, 2.75) is 38.6 Å². The molecule has 32 heavy (non-hydrogen) atoms. The molecule has 1 aromatic rings. The summed E-state index contributed by atoms with van der Waals surface area (Å²) >= 11 is 0. The smallest absolute Gasteiger partial charge is 0.320 e. The van der Waals surface area contributed by atoms with E-state index in [0.29, 0.717) is 25.3 Å². The van der Waals surface area contributed by atoms with Gasteiger partial charge in [0.05, 0.1) is 12.5 Å². The summed E-state index contributed by atoms with van der Waals surface area (Å²) < 4.78 is 5.14. The molecule has 1 aliphatic carbocycles. The molecule has 1 saturated carbocycles. The Balaban J connectivity index is 0.00000256. The van der Waals surface area contributed by atoms with E-state index < -0.39 is 0 Å². The van der Waals surface area contributed by atoms with Crippen molar-refractivity contribution in [2.24, 2.45) is 11.7 Å². The predicted octanol–water partition coefficient (Wildman–Crippen LogP) is 3.11. The molecule has 0 radical (unpaired) electrons. The highest BCUT2D eigenvalue weighted by molar-refractivity contribution is 5.95. The Bertz CT molecular complexity index is 761. The fraction of sp³-hybridized carbons (Fsp3) is 0.591. The van der Waals surface area contributed by atoms with E-state index in [1.807, 2.05) is 48.0 Å². The van der Waals surface area contributed by atoms with E-state index in [9.17, 15) is 9.59 Å². The lowest BCUT2D eigenvalue weighted by Crippen LogP contribution is -2.54. The fourth-order valence-corrected chi connectivity index (χ4v) is 4.35. The second-order valence-corrected chi connectivity index (χ2v) is 8.09. The van der Waals surface area contributed by atoms with Crippen LogP contribution in [0.5, 0.6) is 0 Å². The summed E-state index contributed by atoms with van der Waals surface area (Å²) in [5.74, 6) is -0.0590. The number of nitrogens with zero attached hydrogens (tertiary/aromatic N) is 3. The van der Waals surface area contributed by atoms with Crippen LogP contribution < -0.4 is 10.6 Å². The SMILES string of the molecule is CCOC(=O)C1CCC(N(C)C(=O)N2CCN(c3ccc(C(=N)N)cc3)CC2)CC1.Cl.Cl. The predicted molar refractivity (Wildman–Crippen MR) is 131 cm³/mol. The van der Waals surface area contributed by atoms with E-state index in [1.54, 1.807) is 0 Å². The number of carbonyl (C=O) groups excluding carboxylic acids is 2. The highest BCUT2D eigenvalue weighted by Crippen LogP contribution is 2.29. The van der Waals surface area contributed by atoms with Gasteiger partial charge in [-0.1, -0.05) is 0 Å². The van der Waals surface area contributed by atoms with Crippen LogP contribution in [0.1, 0.15) is 38.2 Å². The van der Waals surface area contributed by atoms with Crippen LogP contribution in [-0.4, -0.2) is 73.5 Å². The van der Waals surface area contributed by atoms with Gasteiger partial charge in [-0.15, -0.1) is 24.8 Å². The van der Waals surface area contributed by atoms with Crippen molar-refractivity contribution < 1.29 is 14.3 Å². The first-order valence-electron chi connectivity index (χ1n) is 10.8. The Kier molecular flexibility index (Phi) is 11.1. The number of anilines is 1. The largest absolute Gasteiger partial charge is 0.466 e. The minimum Gasteiger partial charge on any atom is -0.466 e. The number of piperazine rings is 1. The molecule has 1 saturated heterocycles. The highest BCUT2D eigenvalue weighted by Gasteiger charge is 2.33. The van der Waals surface area contributed by atoms with Crippen molar-refractivity contribution in [2.75, 3.05) is 44.7 Å². The average Bonchev–Trinajstić information content (AvgIpc) is 2.78. The van der Waals surface area contributed by atoms with Crippen LogP contribution >= 0.6 is 24.8 Å². The Morgan fingerprint density at radius 1 is 1.06 bits per heavy atom. The third-order valence-corrected chi connectivity index (χ3v) is 6.26. The van der Waals surface area contributed by atoms with Gasteiger partial charge in [-0.05, 0) is 56.9 Å². The maximum atomic E-state index is 13.0. The summed E-state index contributed by atoms with van der Waals surface area (Å²) in [5, 5.41) is 7.49. The summed E-state index contributed by atoms with van der Waals surface area (Å²) in [5.41, 5.74) is 7.31. The molecule has 3 N–H and O–H groups in total. The first-order chi connectivity index (χ1) is 14.4. The van der Waals surface area contributed by atoms with Gasteiger partial charge in [0.15, 0.2) is 0 Å². The molecule has 1 aliphatic heterocycles. The number of carbonyl (C=O) groups is 2. The second kappa shape index (κ2) is 12.7. The number of urea groups is 1. The van der Waals surface area contributed by atoms with Crippen molar-refractivity contribution in [3.8, 4) is 0 Å². The fourth-order valence-electron chi connectivity index (χ4n) is 4.35. The Morgan fingerprint density at radius 3 is 2.12 bits per heavy atom. The number of halogens is 2. The molecule has 180 valence electrons. The van der Waals surface area contributed by atoms with Crippen LogP contribution in [0.4, 0.5) is 10.5 Å². The zero-order chi connectivity index (χ0) is 21.7. The molecular formula is C22H35Cl2N5O3. The van der Waals surface area contributed by atoms with Crippen LogP contribution in [0.15, 0.2) is 24.3 Å². The van der Waals surface area contributed by atoms with Gasteiger partial charge >= 0.3 is 12.0 Å². The summed E-state index contributed by atoms with van der Waals surface area (Å²) in [6, 6.07) is 7.91. The number of amides is 2. The molecule has 3 rings (SSSR count). The van der Waals surface area contributed by atoms with Gasteiger partial charge in [-0.25, -0.2) is 4.79 Å². The zero-order valence-corrected chi connectivity index (χ0v) is 20.4. The van der Waals surface area contributed by atoms with Crippen molar-refractivity contribution in [3.63, 3.8) is 0 Å². The summed E-state index contributed by atoms with van der Waals surface area (Å²) in [6.07, 6.45) is 3.25. The molecule has 2 fully saturated rings. The first-order valence-corrected chi connectivity index (χ1v) is 10.8. The van der Waals surface area contributed by atoms with Crippen molar-refractivity contribution in [3.05, 3.63) is 29.8 Å². The number of nitrogen functional groups attached to an aromatic ring is 1. The molecule has 1 heterocycles. The molecule has 0 bridgehead atoms. The number of rotatable bonds is 5. The third-order valence-electron chi connectivity index (χ3n) is 6.26. The quantitative estimate of drug-likeness (QED) is 0.377. The summed E-state index contributed by atoms with van der Waals surface area (Å²) in [4.78, 5) is 30.9. The maximum Gasteiger partial charge on any atom is 0.320 e. The molecule has 2 aliphatic rings. The second-order valence-electron chi connectivity index (χ2n) is 8.09. The molecule has 8 nitrogen and oxygen atoms in total. The van der Waals surface area contributed by atoms with Crippen LogP contribution in [-0.2, 0) is 9.53 Å². The monoisotopic (exact) mass is 487 g/mol. The standard InChI is InChI=1S/C22H33N5O3.2ClH/c1-3-30-21(28)17-6-8-18(9-7-17)25(2)22(29)27-14-12-26(13-15-27)19-10-4-16(5-11-19)20(23)24;;/h4-5,10-11,17-18H,3,6-9,12-15H2,1-2H3,(H3,23,24);2*1H. The molecule has 1 aromatic carbocycles. The third kappa shape index (κ3) is 6.65. The zero-order valence-electron chi connectivity index (χ0n) is 18.8. The maximum absolute atomic E-state index is 13.0. The van der Waals surface area contributed by atoms with Crippen LogP contribution in [0.25, 0.3) is 0 Å². The van der Waals surface area contributed by atoms with Gasteiger partial charge in [0, 0.05) is 50.5 Å². The highest BCUT2D eigenvalue weighted by atomic mass is 35.5. The Labute approximate surface area is 202 Å². The van der Waals surface area contributed by atoms with Crippen molar-refractivity contribution >= 4 is 48.3 Å². The number of benzene rings is 1. The van der Waals surface area contributed by atoms with E-state index in [1.165, 1.54) is 0 Å². The molecule has 2 amide bonds. The van der Waals surface area contributed by atoms with Crippen LogP contribution in [0, 0.1) is 11.3 Å². The molecule has 0 spiro atoms. The number of esters is 1. The number of hydrogen-bond donors (Lipinski definition) is 2. The van der Waals surface area contributed by atoms with Gasteiger partial charge in [0.2, 0.25) is 0 Å². The average molecular weight is 488 g/mol. The van der Waals surface area contributed by atoms with E-state index in [-0.39, 0.29) is 54.6 Å². The lowest BCUT2D eigenvalue weighted by atomic mass is 9.85. The van der Waals surface area contributed by atoms with Crippen molar-refractivity contribution in [1.29, 1.82) is 5.41 Å². The molecule has 0 unspecified atom stereocenters. The number of nitrogens with one attached hydrogen (secondary N) is 1. The van der Waals surface area contributed by atoms with E-state index in [2.05, 4.69) is 4.90 Å². The molecule has 10 heteroatoms. The normalized spacial score (nSPS) is 20.4. The van der Waals surface area contributed by atoms with Gasteiger partial charge in [0.1, 0.15) is 5.84 Å². The van der Waals surface area contributed by atoms with E-state index in [4.69, 9.17) is 15.9 Å². The topological polar surface area (TPSA) is 103 Å².